The van der Waals surface area contributed by atoms with Crippen LogP contribution in [-0.4, -0.2) is 78.5 Å². The van der Waals surface area contributed by atoms with E-state index in [1.165, 1.54) is 0 Å². The van der Waals surface area contributed by atoms with Crippen molar-refractivity contribution in [1.29, 1.82) is 0 Å². The average Bonchev–Trinajstić information content (AvgIpc) is 2.91. The number of carbonyl (C=O) groups is 6. The standard InChI is InChI=1S/C24H26O12/c1-31-14(25)10-13(20(26)32-2)11-8-7-9-12-15(11)17(22(28)34-4)19(24(30)36-6)18(23(29)35-5)16(12)21(27)33-3/h10-11H,7-9H2,1-6H3/b13-10-. The molecule has 1 atom stereocenters. The summed E-state index contributed by atoms with van der Waals surface area (Å²) in [6, 6.07) is 0. The molecule has 194 valence electrons. The third kappa shape index (κ3) is 5.07. The minimum absolute atomic E-state index is 0.0158. The number of fused-ring (bicyclic) bond motifs is 1. The van der Waals surface area contributed by atoms with Gasteiger partial charge in [-0.2, -0.15) is 0 Å². The van der Waals surface area contributed by atoms with Crippen molar-refractivity contribution in [2.75, 3.05) is 42.7 Å². The van der Waals surface area contributed by atoms with Gasteiger partial charge in [-0.1, -0.05) is 0 Å². The summed E-state index contributed by atoms with van der Waals surface area (Å²) in [4.78, 5) is 76.7. The summed E-state index contributed by atoms with van der Waals surface area (Å²) in [5, 5.41) is 0. The van der Waals surface area contributed by atoms with Crippen LogP contribution >= 0.6 is 0 Å². The number of hydrogen-bond donors (Lipinski definition) is 0. The Hall–Kier alpha value is -4.22. The third-order valence-electron chi connectivity index (χ3n) is 5.74. The van der Waals surface area contributed by atoms with Gasteiger partial charge in [0.15, 0.2) is 0 Å². The average molecular weight is 506 g/mol. The zero-order valence-corrected chi connectivity index (χ0v) is 20.7. The van der Waals surface area contributed by atoms with Crippen LogP contribution in [0.15, 0.2) is 11.6 Å². The minimum atomic E-state index is -1.15. The first-order valence-corrected chi connectivity index (χ1v) is 10.6. The van der Waals surface area contributed by atoms with Crippen LogP contribution in [0.3, 0.4) is 0 Å². The van der Waals surface area contributed by atoms with Crippen LogP contribution < -0.4 is 0 Å². The van der Waals surface area contributed by atoms with Crippen molar-refractivity contribution >= 4 is 35.8 Å². The first-order valence-electron chi connectivity index (χ1n) is 10.6. The van der Waals surface area contributed by atoms with Gasteiger partial charge in [-0.25, -0.2) is 28.8 Å². The Morgan fingerprint density at radius 3 is 1.58 bits per heavy atom. The van der Waals surface area contributed by atoms with E-state index in [-0.39, 0.29) is 35.1 Å². The molecule has 0 saturated carbocycles. The second-order valence-electron chi connectivity index (χ2n) is 7.42. The number of ether oxygens (including phenoxy) is 6. The maximum absolute atomic E-state index is 13.1. The summed E-state index contributed by atoms with van der Waals surface area (Å²) in [5.74, 6) is -7.13. The molecule has 0 bridgehead atoms. The summed E-state index contributed by atoms with van der Waals surface area (Å²) in [7, 11) is 6.35. The number of methoxy groups -OCH3 is 6. The van der Waals surface area contributed by atoms with E-state index in [9.17, 15) is 28.8 Å². The molecular formula is C24H26O12. The lowest BCUT2D eigenvalue weighted by molar-refractivity contribution is -0.138. The third-order valence-corrected chi connectivity index (χ3v) is 5.74. The lowest BCUT2D eigenvalue weighted by Gasteiger charge is -2.31. The van der Waals surface area contributed by atoms with Crippen molar-refractivity contribution in [3.05, 3.63) is 45.0 Å². The molecule has 0 aromatic heterocycles. The molecule has 1 unspecified atom stereocenters. The summed E-state index contributed by atoms with van der Waals surface area (Å²) in [5.41, 5.74) is -1.95. The van der Waals surface area contributed by atoms with Crippen LogP contribution in [0.5, 0.6) is 0 Å². The van der Waals surface area contributed by atoms with Gasteiger partial charge in [0, 0.05) is 12.0 Å². The fourth-order valence-electron chi connectivity index (χ4n) is 4.26. The first-order chi connectivity index (χ1) is 17.1. The van der Waals surface area contributed by atoms with Crippen LogP contribution in [-0.2, 0) is 44.4 Å². The fourth-order valence-corrected chi connectivity index (χ4v) is 4.26. The van der Waals surface area contributed by atoms with Crippen molar-refractivity contribution in [1.82, 2.24) is 0 Å². The molecule has 0 fully saturated rings. The Labute approximate surface area is 206 Å². The van der Waals surface area contributed by atoms with Gasteiger partial charge in [0.1, 0.15) is 0 Å². The van der Waals surface area contributed by atoms with Crippen LogP contribution in [0.2, 0.25) is 0 Å². The van der Waals surface area contributed by atoms with Gasteiger partial charge in [0.25, 0.3) is 0 Å². The molecule has 1 aliphatic rings. The highest BCUT2D eigenvalue weighted by atomic mass is 16.5. The zero-order valence-electron chi connectivity index (χ0n) is 20.7. The van der Waals surface area contributed by atoms with E-state index in [1.54, 1.807) is 0 Å². The van der Waals surface area contributed by atoms with Gasteiger partial charge < -0.3 is 28.4 Å². The van der Waals surface area contributed by atoms with E-state index in [1.807, 2.05) is 0 Å². The first kappa shape index (κ1) is 28.0. The Balaban J connectivity index is 3.23. The summed E-state index contributed by atoms with van der Waals surface area (Å²) in [6.45, 7) is 0. The van der Waals surface area contributed by atoms with Crippen molar-refractivity contribution < 1.29 is 57.2 Å². The predicted octanol–water partition coefficient (Wildman–Crippen LogP) is 1.53. The predicted molar refractivity (Wildman–Crippen MR) is 120 cm³/mol. The van der Waals surface area contributed by atoms with Crippen LogP contribution in [0.1, 0.15) is 71.3 Å². The fraction of sp³-hybridized carbons (Fsp3) is 0.417. The number of hydrogen-bond acceptors (Lipinski definition) is 12. The highest BCUT2D eigenvalue weighted by molar-refractivity contribution is 6.17. The molecule has 12 nitrogen and oxygen atoms in total. The summed E-state index contributed by atoms with van der Waals surface area (Å²) < 4.78 is 28.9. The van der Waals surface area contributed by atoms with E-state index >= 15 is 0 Å². The second-order valence-corrected chi connectivity index (χ2v) is 7.42. The van der Waals surface area contributed by atoms with Gasteiger partial charge in [-0.05, 0) is 30.4 Å². The van der Waals surface area contributed by atoms with Crippen molar-refractivity contribution in [2.24, 2.45) is 0 Å². The molecule has 0 amide bonds. The van der Waals surface area contributed by atoms with E-state index in [0.29, 0.717) is 6.42 Å². The lowest BCUT2D eigenvalue weighted by atomic mass is 9.72. The van der Waals surface area contributed by atoms with Crippen molar-refractivity contribution in [3.63, 3.8) is 0 Å². The Kier molecular flexibility index (Phi) is 9.31. The topological polar surface area (TPSA) is 158 Å². The maximum atomic E-state index is 13.1. The second kappa shape index (κ2) is 12.0. The van der Waals surface area contributed by atoms with E-state index < -0.39 is 58.4 Å². The van der Waals surface area contributed by atoms with E-state index in [2.05, 4.69) is 4.74 Å². The minimum Gasteiger partial charge on any atom is -0.466 e. The highest BCUT2D eigenvalue weighted by Gasteiger charge is 2.42. The Morgan fingerprint density at radius 2 is 1.11 bits per heavy atom. The number of rotatable bonds is 7. The van der Waals surface area contributed by atoms with Crippen LogP contribution in [0.25, 0.3) is 0 Å². The normalized spacial score (nSPS) is 14.6. The molecule has 0 saturated heterocycles. The largest absolute Gasteiger partial charge is 0.466 e. The zero-order chi connectivity index (χ0) is 27.2. The van der Waals surface area contributed by atoms with Gasteiger partial charge >= 0.3 is 35.8 Å². The molecule has 1 aromatic rings. The maximum Gasteiger partial charge on any atom is 0.339 e. The Morgan fingerprint density at radius 1 is 0.639 bits per heavy atom. The van der Waals surface area contributed by atoms with E-state index in [0.717, 1.165) is 48.7 Å². The molecule has 1 aromatic carbocycles. The Bertz CT molecular complexity index is 1140. The molecular weight excluding hydrogens is 480 g/mol. The SMILES string of the molecule is COC(=O)/C=C(\C(=O)OC)C1CCCc2c(C(=O)OC)c(C(=O)OC)c(C(=O)OC)c(C(=O)OC)c21. The summed E-state index contributed by atoms with van der Waals surface area (Å²) >= 11 is 0. The van der Waals surface area contributed by atoms with Gasteiger partial charge in [0.2, 0.25) is 0 Å². The van der Waals surface area contributed by atoms with Crippen molar-refractivity contribution in [2.45, 2.75) is 25.2 Å². The number of esters is 6. The number of benzene rings is 1. The molecule has 36 heavy (non-hydrogen) atoms. The van der Waals surface area contributed by atoms with Gasteiger partial charge in [-0.3, -0.25) is 0 Å². The highest BCUT2D eigenvalue weighted by Crippen LogP contribution is 2.44. The lowest BCUT2D eigenvalue weighted by Crippen LogP contribution is -2.30. The molecule has 0 aliphatic heterocycles. The quantitative estimate of drug-likeness (QED) is 0.299. The molecule has 0 spiro atoms. The van der Waals surface area contributed by atoms with Crippen LogP contribution in [0, 0.1) is 0 Å². The molecule has 1 aliphatic carbocycles. The smallest absolute Gasteiger partial charge is 0.339 e. The van der Waals surface area contributed by atoms with Gasteiger partial charge in [0.05, 0.1) is 70.5 Å². The summed E-state index contributed by atoms with van der Waals surface area (Å²) in [6.07, 6.45) is 1.61. The molecule has 2 rings (SSSR count). The molecule has 0 heterocycles. The molecule has 0 N–H and O–H groups in total. The van der Waals surface area contributed by atoms with E-state index in [4.69, 9.17) is 23.7 Å². The monoisotopic (exact) mass is 506 g/mol. The van der Waals surface area contributed by atoms with Crippen LogP contribution in [0.4, 0.5) is 0 Å². The van der Waals surface area contributed by atoms with Gasteiger partial charge in [-0.15, -0.1) is 0 Å². The van der Waals surface area contributed by atoms with Crippen molar-refractivity contribution in [3.8, 4) is 0 Å². The molecule has 12 heteroatoms. The number of carbonyl (C=O) groups excluding carboxylic acids is 6. The molecule has 0 radical (unpaired) electrons.